The van der Waals surface area contributed by atoms with E-state index >= 15 is 0 Å². The number of benzene rings is 3. The lowest BCUT2D eigenvalue weighted by Gasteiger charge is -2.07. The molecule has 0 saturated heterocycles. The van der Waals surface area contributed by atoms with Gasteiger partial charge in [-0.3, -0.25) is 0 Å². The van der Waals surface area contributed by atoms with Crippen molar-refractivity contribution in [3.05, 3.63) is 96.6 Å². The van der Waals surface area contributed by atoms with Gasteiger partial charge in [0.15, 0.2) is 22.1 Å². The summed E-state index contributed by atoms with van der Waals surface area (Å²) in [6, 6.07) is 27.1. The first kappa shape index (κ1) is 20.5. The molecule has 2 heterocycles. The molecule has 32 heavy (non-hydrogen) atoms. The summed E-state index contributed by atoms with van der Waals surface area (Å²) in [6.45, 7) is 10.7. The summed E-state index contributed by atoms with van der Waals surface area (Å²) >= 11 is 0. The molecule has 0 fully saturated rings. The molecule has 0 amide bonds. The van der Waals surface area contributed by atoms with Crippen molar-refractivity contribution >= 4 is 22.1 Å². The number of fused-ring (bicyclic) bond motifs is 2. The van der Waals surface area contributed by atoms with Crippen LogP contribution >= 0.6 is 0 Å². The summed E-state index contributed by atoms with van der Waals surface area (Å²) in [4.78, 5) is 0. The first-order valence-corrected chi connectivity index (χ1v) is 11.6. The molecule has 5 aromatic rings. The lowest BCUT2D eigenvalue weighted by Crippen LogP contribution is -2.36. The second-order valence-electron chi connectivity index (χ2n) is 9.23. The predicted octanol–water partition coefficient (Wildman–Crippen LogP) is 5.43. The topological polar surface area (TPSA) is 17.6 Å². The van der Waals surface area contributed by atoms with Crippen LogP contribution in [0.4, 0.5) is 0 Å². The van der Waals surface area contributed by atoms with Crippen molar-refractivity contribution in [1.29, 1.82) is 0 Å². The van der Waals surface area contributed by atoms with Gasteiger partial charge in [-0.2, -0.15) is 0 Å². The smallest absolute Gasteiger partial charge is 0.228 e. The van der Waals surface area contributed by atoms with E-state index in [1.54, 1.807) is 0 Å². The highest BCUT2D eigenvalue weighted by atomic mass is 15.2. The van der Waals surface area contributed by atoms with Gasteiger partial charge in [0.2, 0.25) is 12.7 Å². The minimum absolute atomic E-state index is 0.425. The van der Waals surface area contributed by atoms with Crippen LogP contribution in [0.1, 0.15) is 50.9 Å². The van der Waals surface area contributed by atoms with Gasteiger partial charge in [-0.15, -0.1) is 0 Å². The summed E-state index contributed by atoms with van der Waals surface area (Å²) in [5.41, 5.74) is 7.85. The van der Waals surface area contributed by atoms with Gasteiger partial charge in [-0.1, -0.05) is 48.5 Å². The van der Waals surface area contributed by atoms with Crippen molar-refractivity contribution in [2.45, 2.75) is 52.9 Å². The van der Waals surface area contributed by atoms with Crippen molar-refractivity contribution in [3.63, 3.8) is 0 Å². The number of rotatable bonds is 6. The number of aromatic nitrogens is 4. The monoisotopic (exact) mass is 424 g/mol. The molecule has 0 aliphatic heterocycles. The Morgan fingerprint density at radius 3 is 1.34 bits per heavy atom. The second-order valence-corrected chi connectivity index (χ2v) is 9.23. The number of hydrogen-bond acceptors (Lipinski definition) is 0. The zero-order valence-corrected chi connectivity index (χ0v) is 19.4. The van der Waals surface area contributed by atoms with Gasteiger partial charge in [-0.25, -0.2) is 18.3 Å². The zero-order valence-electron chi connectivity index (χ0n) is 19.4. The average Bonchev–Trinajstić information content (AvgIpc) is 3.35. The maximum Gasteiger partial charge on any atom is 0.245 e. The maximum absolute atomic E-state index is 2.39. The molecule has 0 aliphatic rings. The van der Waals surface area contributed by atoms with E-state index in [2.05, 4.69) is 131 Å². The third kappa shape index (κ3) is 3.60. The van der Waals surface area contributed by atoms with Gasteiger partial charge in [-0.05, 0) is 52.0 Å². The van der Waals surface area contributed by atoms with Crippen LogP contribution in [0.25, 0.3) is 22.1 Å². The summed E-state index contributed by atoms with van der Waals surface area (Å²) in [5.74, 6) is 0. The van der Waals surface area contributed by atoms with Crippen molar-refractivity contribution in [3.8, 4) is 0 Å². The molecule has 5 rings (SSSR count). The van der Waals surface area contributed by atoms with Crippen LogP contribution in [-0.4, -0.2) is 9.13 Å². The molecule has 2 aromatic heterocycles. The van der Waals surface area contributed by atoms with E-state index in [9.17, 15) is 0 Å². The lowest BCUT2D eigenvalue weighted by atomic mass is 10.1. The SMILES string of the molecule is CC(C)n1c[n+](Cc2ccccc2C[n+]2cn(C(C)C)c3ccccc32)c2ccccc21. The Balaban J connectivity index is 1.54. The van der Waals surface area contributed by atoms with E-state index in [0.717, 1.165) is 13.1 Å². The number of para-hydroxylation sites is 4. The van der Waals surface area contributed by atoms with Gasteiger partial charge >= 0.3 is 0 Å². The summed E-state index contributed by atoms with van der Waals surface area (Å²) < 4.78 is 9.50. The molecule has 0 N–H and O–H groups in total. The molecular formula is C28H32N4+2. The molecule has 0 bridgehead atoms. The van der Waals surface area contributed by atoms with Crippen molar-refractivity contribution in [2.75, 3.05) is 0 Å². The Bertz CT molecular complexity index is 1280. The van der Waals surface area contributed by atoms with Gasteiger partial charge in [0.05, 0.1) is 12.1 Å². The van der Waals surface area contributed by atoms with E-state index in [0.29, 0.717) is 12.1 Å². The van der Waals surface area contributed by atoms with Crippen LogP contribution in [0.2, 0.25) is 0 Å². The third-order valence-corrected chi connectivity index (χ3v) is 6.38. The number of hydrogen-bond donors (Lipinski definition) is 0. The van der Waals surface area contributed by atoms with Crippen LogP contribution < -0.4 is 9.13 Å². The minimum atomic E-state index is 0.425. The molecule has 162 valence electrons. The van der Waals surface area contributed by atoms with E-state index in [4.69, 9.17) is 0 Å². The Hall–Kier alpha value is -3.40. The largest absolute Gasteiger partial charge is 0.245 e. The van der Waals surface area contributed by atoms with Gasteiger partial charge in [0, 0.05) is 11.1 Å². The standard InChI is InChI=1S/C28H32N4/c1-21(2)31-19-29(25-13-7-9-15-27(25)31)17-23-11-5-6-12-24(23)18-30-20-32(22(3)4)28-16-10-8-14-26(28)30/h5-16,19-22H,17-18H2,1-4H3/q+2. The predicted molar refractivity (Wildman–Crippen MR) is 130 cm³/mol. The molecule has 0 saturated carbocycles. The van der Waals surface area contributed by atoms with Gasteiger partial charge in [0.1, 0.15) is 13.1 Å². The highest BCUT2D eigenvalue weighted by Gasteiger charge is 2.21. The minimum Gasteiger partial charge on any atom is -0.228 e. The molecule has 0 spiro atoms. The Morgan fingerprint density at radius 1 is 0.562 bits per heavy atom. The molecule has 0 unspecified atom stereocenters. The summed E-state index contributed by atoms with van der Waals surface area (Å²) in [6.07, 6.45) is 4.54. The first-order valence-electron chi connectivity index (χ1n) is 11.6. The van der Waals surface area contributed by atoms with E-state index in [1.807, 2.05) is 0 Å². The normalized spacial score (nSPS) is 11.9. The highest BCUT2D eigenvalue weighted by molar-refractivity contribution is 5.72. The molecule has 4 nitrogen and oxygen atoms in total. The highest BCUT2D eigenvalue weighted by Crippen LogP contribution is 2.19. The first-order chi connectivity index (χ1) is 15.5. The van der Waals surface area contributed by atoms with Crippen LogP contribution in [-0.2, 0) is 13.1 Å². The second kappa shape index (κ2) is 8.27. The summed E-state index contributed by atoms with van der Waals surface area (Å²) in [5, 5.41) is 0. The van der Waals surface area contributed by atoms with Crippen LogP contribution in [0.15, 0.2) is 85.5 Å². The van der Waals surface area contributed by atoms with Gasteiger partial charge < -0.3 is 0 Å². The molecule has 0 atom stereocenters. The molecule has 0 aliphatic carbocycles. The van der Waals surface area contributed by atoms with Crippen molar-refractivity contribution in [1.82, 2.24) is 9.13 Å². The molecule has 0 radical (unpaired) electrons. The quantitative estimate of drug-likeness (QED) is 0.324. The lowest BCUT2D eigenvalue weighted by molar-refractivity contribution is -0.668. The Kier molecular flexibility index (Phi) is 5.30. The number of nitrogens with zero attached hydrogens (tertiary/aromatic N) is 4. The van der Waals surface area contributed by atoms with E-state index < -0.39 is 0 Å². The van der Waals surface area contributed by atoms with Crippen LogP contribution in [0.3, 0.4) is 0 Å². The van der Waals surface area contributed by atoms with Crippen LogP contribution in [0.5, 0.6) is 0 Å². The fourth-order valence-electron chi connectivity index (χ4n) is 4.71. The Labute approximate surface area is 190 Å². The average molecular weight is 425 g/mol. The fraction of sp³-hybridized carbons (Fsp3) is 0.286. The molecule has 4 heteroatoms. The van der Waals surface area contributed by atoms with Crippen molar-refractivity contribution in [2.24, 2.45) is 0 Å². The third-order valence-electron chi connectivity index (χ3n) is 6.38. The van der Waals surface area contributed by atoms with Crippen molar-refractivity contribution < 1.29 is 9.13 Å². The Morgan fingerprint density at radius 2 is 0.938 bits per heavy atom. The fourth-order valence-corrected chi connectivity index (χ4v) is 4.71. The van der Waals surface area contributed by atoms with Gasteiger partial charge in [0.25, 0.3) is 0 Å². The zero-order chi connectivity index (χ0) is 22.2. The molecule has 3 aromatic carbocycles. The van der Waals surface area contributed by atoms with E-state index in [-0.39, 0.29) is 0 Å². The molecular weight excluding hydrogens is 392 g/mol. The summed E-state index contributed by atoms with van der Waals surface area (Å²) in [7, 11) is 0. The van der Waals surface area contributed by atoms with Crippen LogP contribution in [0, 0.1) is 0 Å². The number of imidazole rings is 2. The maximum atomic E-state index is 2.39. The van der Waals surface area contributed by atoms with E-state index in [1.165, 1.54) is 33.2 Å².